The Morgan fingerprint density at radius 2 is 1.62 bits per heavy atom. The van der Waals surface area contributed by atoms with Crippen LogP contribution in [0.4, 0.5) is 0 Å². The quantitative estimate of drug-likeness (QED) is 0.557. The van der Waals surface area contributed by atoms with Crippen LogP contribution < -0.4 is 9.47 Å². The van der Waals surface area contributed by atoms with E-state index in [1.165, 1.54) is 5.56 Å². The molecule has 0 saturated heterocycles. The summed E-state index contributed by atoms with van der Waals surface area (Å²) in [6.45, 7) is 2.06. The van der Waals surface area contributed by atoms with Gasteiger partial charge in [-0.15, -0.1) is 0 Å². The van der Waals surface area contributed by atoms with Gasteiger partial charge in [-0.2, -0.15) is 0 Å². The summed E-state index contributed by atoms with van der Waals surface area (Å²) in [6, 6.07) is 9.93. The average Bonchev–Trinajstić information content (AvgIpc) is 2.45. The molecule has 0 aromatic heterocycles. The van der Waals surface area contributed by atoms with Crippen LogP contribution in [0.1, 0.15) is 21.5 Å². The summed E-state index contributed by atoms with van der Waals surface area (Å²) >= 11 is 13.6. The molecule has 2 nitrogen and oxygen atoms in total. The van der Waals surface area contributed by atoms with Crippen LogP contribution >= 0.6 is 43.5 Å². The molecule has 5 heteroatoms. The molecule has 2 rings (SSSR count). The van der Waals surface area contributed by atoms with Gasteiger partial charge in [-0.1, -0.05) is 49.5 Å². The smallest absolute Gasteiger partial charge is 0.162 e. The van der Waals surface area contributed by atoms with Crippen molar-refractivity contribution in [2.24, 2.45) is 0 Å². The minimum absolute atomic E-state index is 0.0268. The van der Waals surface area contributed by atoms with Gasteiger partial charge in [-0.3, -0.25) is 0 Å². The van der Waals surface area contributed by atoms with Gasteiger partial charge in [0.2, 0.25) is 0 Å². The normalized spacial score (nSPS) is 12.1. The van der Waals surface area contributed by atoms with E-state index in [0.29, 0.717) is 16.5 Å². The molecular formula is C16H15Br2ClO2. The maximum atomic E-state index is 6.38. The SMILES string of the molecule is COc1cc(Cl)c(C(Br)c2cc(C)cc(Br)c2)cc1OC. The summed E-state index contributed by atoms with van der Waals surface area (Å²) in [5, 5.41) is 0.632. The molecule has 21 heavy (non-hydrogen) atoms. The fourth-order valence-electron chi connectivity index (χ4n) is 2.15. The highest BCUT2D eigenvalue weighted by atomic mass is 79.9. The lowest BCUT2D eigenvalue weighted by Crippen LogP contribution is -1.98. The first-order chi connectivity index (χ1) is 9.96. The lowest BCUT2D eigenvalue weighted by Gasteiger charge is -2.17. The third-order valence-corrected chi connectivity index (χ3v) is 4.94. The Kier molecular flexibility index (Phi) is 5.58. The predicted octanol–water partition coefficient (Wildman–Crippen LogP) is 5.91. The van der Waals surface area contributed by atoms with Crippen molar-refractivity contribution in [2.75, 3.05) is 14.2 Å². The van der Waals surface area contributed by atoms with E-state index >= 15 is 0 Å². The Bertz CT molecular complexity index is 639. The van der Waals surface area contributed by atoms with Crippen molar-refractivity contribution in [2.45, 2.75) is 11.8 Å². The molecule has 2 aromatic rings. The lowest BCUT2D eigenvalue weighted by molar-refractivity contribution is 0.354. The van der Waals surface area contributed by atoms with E-state index < -0.39 is 0 Å². The van der Waals surface area contributed by atoms with Gasteiger partial charge in [0.25, 0.3) is 0 Å². The van der Waals surface area contributed by atoms with E-state index in [-0.39, 0.29) is 4.83 Å². The summed E-state index contributed by atoms with van der Waals surface area (Å²) < 4.78 is 11.7. The zero-order valence-corrected chi connectivity index (χ0v) is 15.8. The van der Waals surface area contributed by atoms with E-state index in [0.717, 1.165) is 15.6 Å². The number of methoxy groups -OCH3 is 2. The molecule has 112 valence electrons. The Morgan fingerprint density at radius 1 is 1.00 bits per heavy atom. The second kappa shape index (κ2) is 7.03. The van der Waals surface area contributed by atoms with Crippen molar-refractivity contribution in [3.63, 3.8) is 0 Å². The number of alkyl halides is 1. The van der Waals surface area contributed by atoms with Gasteiger partial charge in [0.05, 0.1) is 19.0 Å². The number of halogens is 3. The predicted molar refractivity (Wildman–Crippen MR) is 94.2 cm³/mol. The van der Waals surface area contributed by atoms with Crippen LogP contribution in [0.3, 0.4) is 0 Å². The van der Waals surface area contributed by atoms with Gasteiger partial charge in [0, 0.05) is 15.6 Å². The van der Waals surface area contributed by atoms with E-state index in [9.17, 15) is 0 Å². The Labute approximate surface area is 146 Å². The maximum absolute atomic E-state index is 6.38. The lowest BCUT2D eigenvalue weighted by atomic mass is 10.0. The van der Waals surface area contributed by atoms with Crippen LogP contribution in [-0.4, -0.2) is 14.2 Å². The molecule has 0 spiro atoms. The number of ether oxygens (including phenoxy) is 2. The van der Waals surface area contributed by atoms with Gasteiger partial charge in [0.15, 0.2) is 11.5 Å². The third kappa shape index (κ3) is 3.74. The maximum Gasteiger partial charge on any atom is 0.162 e. The number of rotatable bonds is 4. The Hall–Kier alpha value is -0.710. The fourth-order valence-corrected chi connectivity index (χ4v) is 3.82. The number of hydrogen-bond donors (Lipinski definition) is 0. The monoisotopic (exact) mass is 432 g/mol. The highest BCUT2D eigenvalue weighted by Crippen LogP contribution is 2.41. The number of aryl methyl sites for hydroxylation is 1. The molecule has 0 aliphatic heterocycles. The van der Waals surface area contributed by atoms with Gasteiger partial charge in [-0.05, 0) is 41.8 Å². The van der Waals surface area contributed by atoms with E-state index in [2.05, 4.69) is 57.0 Å². The largest absolute Gasteiger partial charge is 0.493 e. The Morgan fingerprint density at radius 3 is 2.19 bits per heavy atom. The second-order valence-electron chi connectivity index (χ2n) is 4.65. The fraction of sp³-hybridized carbons (Fsp3) is 0.250. The van der Waals surface area contributed by atoms with E-state index in [1.54, 1.807) is 20.3 Å². The molecule has 0 amide bonds. The highest BCUT2D eigenvalue weighted by Gasteiger charge is 2.18. The minimum Gasteiger partial charge on any atom is -0.493 e. The molecule has 0 N–H and O–H groups in total. The molecular weight excluding hydrogens is 419 g/mol. The second-order valence-corrected chi connectivity index (χ2v) is 6.89. The zero-order chi connectivity index (χ0) is 15.6. The average molecular weight is 435 g/mol. The topological polar surface area (TPSA) is 18.5 Å². The zero-order valence-electron chi connectivity index (χ0n) is 11.9. The first kappa shape index (κ1) is 16.7. The molecule has 0 aliphatic rings. The molecule has 0 fully saturated rings. The summed E-state index contributed by atoms with van der Waals surface area (Å²) in [6.07, 6.45) is 0. The van der Waals surface area contributed by atoms with Crippen LogP contribution in [0.5, 0.6) is 11.5 Å². The first-order valence-corrected chi connectivity index (χ1v) is 8.37. The summed E-state index contributed by atoms with van der Waals surface area (Å²) in [7, 11) is 3.21. The van der Waals surface area contributed by atoms with Crippen molar-refractivity contribution in [3.8, 4) is 11.5 Å². The molecule has 1 atom stereocenters. The number of hydrogen-bond acceptors (Lipinski definition) is 2. The standard InChI is InChI=1S/C16H15Br2ClO2/c1-9-4-10(6-11(17)5-9)16(18)12-7-14(20-2)15(21-3)8-13(12)19/h4-8,16H,1-3H3. The molecule has 0 bridgehead atoms. The van der Waals surface area contributed by atoms with Crippen molar-refractivity contribution in [1.29, 1.82) is 0 Å². The molecule has 0 aliphatic carbocycles. The van der Waals surface area contributed by atoms with Crippen molar-refractivity contribution < 1.29 is 9.47 Å². The van der Waals surface area contributed by atoms with Gasteiger partial charge >= 0.3 is 0 Å². The molecule has 0 radical (unpaired) electrons. The highest BCUT2D eigenvalue weighted by molar-refractivity contribution is 9.10. The Balaban J connectivity index is 2.49. The molecule has 2 aromatic carbocycles. The summed E-state index contributed by atoms with van der Waals surface area (Å²) in [5.74, 6) is 1.28. The van der Waals surface area contributed by atoms with E-state index in [4.69, 9.17) is 21.1 Å². The van der Waals surface area contributed by atoms with Crippen LogP contribution in [0.2, 0.25) is 5.02 Å². The van der Waals surface area contributed by atoms with Crippen molar-refractivity contribution in [3.05, 3.63) is 56.5 Å². The minimum atomic E-state index is -0.0268. The van der Waals surface area contributed by atoms with Gasteiger partial charge in [-0.25, -0.2) is 0 Å². The number of benzene rings is 2. The van der Waals surface area contributed by atoms with Crippen molar-refractivity contribution >= 4 is 43.5 Å². The van der Waals surface area contributed by atoms with Crippen LogP contribution in [0.15, 0.2) is 34.8 Å². The van der Waals surface area contributed by atoms with Crippen molar-refractivity contribution in [1.82, 2.24) is 0 Å². The van der Waals surface area contributed by atoms with Crippen LogP contribution in [-0.2, 0) is 0 Å². The molecule has 0 saturated carbocycles. The summed E-state index contributed by atoms with van der Waals surface area (Å²) in [5.41, 5.74) is 3.24. The molecule has 1 unspecified atom stereocenters. The summed E-state index contributed by atoms with van der Waals surface area (Å²) in [4.78, 5) is -0.0268. The van der Waals surface area contributed by atoms with Crippen LogP contribution in [0, 0.1) is 6.92 Å². The molecule has 0 heterocycles. The van der Waals surface area contributed by atoms with E-state index in [1.807, 2.05) is 6.07 Å². The third-order valence-electron chi connectivity index (χ3n) is 3.13. The van der Waals surface area contributed by atoms with Gasteiger partial charge < -0.3 is 9.47 Å². The van der Waals surface area contributed by atoms with Crippen LogP contribution in [0.25, 0.3) is 0 Å². The first-order valence-electron chi connectivity index (χ1n) is 6.29. The van der Waals surface area contributed by atoms with Gasteiger partial charge in [0.1, 0.15) is 0 Å².